The number of fused-ring (bicyclic) bond motifs is 1. The summed E-state index contributed by atoms with van der Waals surface area (Å²) in [7, 11) is 2.85. The first-order chi connectivity index (χ1) is 20.9. The van der Waals surface area contributed by atoms with Gasteiger partial charge < -0.3 is 24.3 Å². The molecule has 0 bridgehead atoms. The highest BCUT2D eigenvalue weighted by Gasteiger charge is 2.43. The first-order valence-corrected chi connectivity index (χ1v) is 13.2. The van der Waals surface area contributed by atoms with Crippen LogP contribution in [0.4, 0.5) is 13.2 Å². The number of methoxy groups -OCH3 is 2. The lowest BCUT2D eigenvalue weighted by Gasteiger charge is -2.19. The van der Waals surface area contributed by atoms with E-state index in [0.29, 0.717) is 39.1 Å². The number of pyridine rings is 2. The van der Waals surface area contributed by atoms with E-state index in [9.17, 15) is 27.6 Å². The Balaban J connectivity index is 1.71. The van der Waals surface area contributed by atoms with Crippen molar-refractivity contribution < 1.29 is 46.5 Å². The summed E-state index contributed by atoms with van der Waals surface area (Å²) in [4.78, 5) is 46.5. The van der Waals surface area contributed by atoms with Crippen molar-refractivity contribution in [3.05, 3.63) is 89.5 Å². The first-order valence-electron chi connectivity index (χ1n) is 13.2. The van der Waals surface area contributed by atoms with E-state index in [1.54, 1.807) is 36.4 Å². The largest absolute Gasteiger partial charge is 0.493 e. The molecule has 0 saturated heterocycles. The summed E-state index contributed by atoms with van der Waals surface area (Å²) in [6, 6.07) is 12.5. The van der Waals surface area contributed by atoms with Gasteiger partial charge in [0.2, 0.25) is 11.9 Å². The van der Waals surface area contributed by atoms with Gasteiger partial charge in [0.05, 0.1) is 20.3 Å². The smallest absolute Gasteiger partial charge is 0.490 e. The van der Waals surface area contributed by atoms with E-state index in [4.69, 9.17) is 14.2 Å². The molecule has 0 aliphatic heterocycles. The number of hydrogen-bond donors (Lipinski definition) is 1. The van der Waals surface area contributed by atoms with Gasteiger partial charge in [0.15, 0.2) is 11.5 Å². The Morgan fingerprint density at radius 2 is 1.64 bits per heavy atom. The Bertz CT molecular complexity index is 1680. The summed E-state index contributed by atoms with van der Waals surface area (Å²) in [6.45, 7) is 3.46. The van der Waals surface area contributed by atoms with Crippen LogP contribution in [0.1, 0.15) is 47.1 Å². The van der Waals surface area contributed by atoms with Crippen LogP contribution in [0.2, 0.25) is 0 Å². The molecule has 44 heavy (non-hydrogen) atoms. The van der Waals surface area contributed by atoms with Gasteiger partial charge in [0, 0.05) is 41.6 Å². The molecule has 4 rings (SSSR count). The van der Waals surface area contributed by atoms with Gasteiger partial charge in [0.25, 0.3) is 5.91 Å². The second-order valence-corrected chi connectivity index (χ2v) is 9.70. The average molecular weight is 612 g/mol. The summed E-state index contributed by atoms with van der Waals surface area (Å²) in [5.74, 6) is -2.85. The molecule has 0 fully saturated rings. The van der Waals surface area contributed by atoms with Crippen molar-refractivity contribution in [1.82, 2.24) is 15.3 Å². The van der Waals surface area contributed by atoms with E-state index in [1.165, 1.54) is 38.7 Å². The highest BCUT2D eigenvalue weighted by atomic mass is 19.4. The minimum Gasteiger partial charge on any atom is -0.493 e. The Morgan fingerprint density at radius 1 is 0.932 bits per heavy atom. The van der Waals surface area contributed by atoms with E-state index >= 15 is 0 Å². The minimum atomic E-state index is -5.32. The molecule has 2 aromatic heterocycles. The maximum absolute atomic E-state index is 13.7. The van der Waals surface area contributed by atoms with Crippen molar-refractivity contribution in [2.45, 2.75) is 38.8 Å². The van der Waals surface area contributed by atoms with Crippen molar-refractivity contribution in [3.8, 4) is 17.2 Å². The average Bonchev–Trinajstić information content (AvgIpc) is 3.00. The van der Waals surface area contributed by atoms with E-state index in [2.05, 4.69) is 20.0 Å². The van der Waals surface area contributed by atoms with Crippen molar-refractivity contribution in [2.75, 3.05) is 14.2 Å². The zero-order valence-electron chi connectivity index (χ0n) is 24.1. The number of carbonyl (C=O) groups excluding carboxylic acids is 3. The topological polar surface area (TPSA) is 126 Å². The van der Waals surface area contributed by atoms with Crippen molar-refractivity contribution >= 4 is 28.4 Å². The number of hydrogen-bond acceptors (Lipinski definition) is 9. The zero-order valence-corrected chi connectivity index (χ0v) is 24.1. The molecule has 2 aromatic carbocycles. The third-order valence-electron chi connectivity index (χ3n) is 6.29. The number of carbonyl (C=O) groups is 3. The number of alkyl halides is 3. The highest BCUT2D eigenvalue weighted by molar-refractivity contribution is 6.15. The van der Waals surface area contributed by atoms with Crippen LogP contribution >= 0.6 is 0 Å². The number of halogens is 3. The van der Waals surface area contributed by atoms with Gasteiger partial charge in [0.1, 0.15) is 11.4 Å². The highest BCUT2D eigenvalue weighted by Crippen LogP contribution is 2.36. The van der Waals surface area contributed by atoms with Crippen molar-refractivity contribution in [2.24, 2.45) is 0 Å². The number of amides is 1. The SMILES string of the molecule is COc1cc2c(CNC(=O)C(OC(=O)C(F)(F)F)c3cccnc3)cnc(C(=O)c3cccc(OC(C)C)c3)c2cc1OC. The van der Waals surface area contributed by atoms with E-state index in [-0.39, 0.29) is 23.9 Å². The lowest BCUT2D eigenvalue weighted by molar-refractivity contribution is -0.205. The Kier molecular flexibility index (Phi) is 9.67. The third-order valence-corrected chi connectivity index (χ3v) is 6.29. The van der Waals surface area contributed by atoms with E-state index in [1.807, 2.05) is 13.8 Å². The van der Waals surface area contributed by atoms with Crippen LogP contribution < -0.4 is 19.5 Å². The number of rotatable bonds is 11. The van der Waals surface area contributed by atoms with Crippen LogP contribution in [0, 0.1) is 0 Å². The minimum absolute atomic E-state index is 0.0680. The van der Waals surface area contributed by atoms with E-state index < -0.39 is 29.9 Å². The molecule has 1 unspecified atom stereocenters. The standard InChI is InChI=1S/C31H28F3N3O7/c1-17(2)43-21-9-5-7-18(11-21)27(38)26-23-13-25(42-4)24(41-3)12-22(23)20(15-36-26)16-37-29(39)28(19-8-6-10-35-14-19)44-30(40)31(32,33)34/h5-15,17,28H,16H2,1-4H3,(H,37,39). The van der Waals surface area contributed by atoms with Crippen LogP contribution in [0.25, 0.3) is 10.8 Å². The number of esters is 1. The lowest BCUT2D eigenvalue weighted by Crippen LogP contribution is -2.35. The van der Waals surface area contributed by atoms with Crippen LogP contribution in [-0.2, 0) is 20.9 Å². The molecule has 0 aliphatic rings. The number of nitrogens with zero attached hydrogens (tertiary/aromatic N) is 2. The van der Waals surface area contributed by atoms with Crippen LogP contribution in [0.5, 0.6) is 17.2 Å². The van der Waals surface area contributed by atoms with Crippen molar-refractivity contribution in [1.29, 1.82) is 0 Å². The molecule has 0 radical (unpaired) electrons. The molecule has 0 spiro atoms. The van der Waals surface area contributed by atoms with Gasteiger partial charge in [-0.1, -0.05) is 18.2 Å². The molecule has 0 saturated carbocycles. The van der Waals surface area contributed by atoms with Crippen LogP contribution in [-0.4, -0.2) is 54.1 Å². The second kappa shape index (κ2) is 13.4. The maximum Gasteiger partial charge on any atom is 0.490 e. The predicted octanol–water partition coefficient (Wildman–Crippen LogP) is 5.13. The fourth-order valence-corrected chi connectivity index (χ4v) is 4.32. The second-order valence-electron chi connectivity index (χ2n) is 9.70. The monoisotopic (exact) mass is 611 g/mol. The van der Waals surface area contributed by atoms with Crippen LogP contribution in [0.15, 0.2) is 67.1 Å². The summed E-state index contributed by atoms with van der Waals surface area (Å²) < 4.78 is 60.0. The van der Waals surface area contributed by atoms with Gasteiger partial charge in [-0.05, 0) is 55.1 Å². The van der Waals surface area contributed by atoms with Gasteiger partial charge in [-0.15, -0.1) is 0 Å². The molecule has 1 amide bonds. The Labute approximate surface area is 250 Å². The third kappa shape index (κ3) is 7.22. The molecular weight excluding hydrogens is 583 g/mol. The number of aromatic nitrogens is 2. The van der Waals surface area contributed by atoms with Gasteiger partial charge in [-0.2, -0.15) is 13.2 Å². The van der Waals surface area contributed by atoms with Crippen LogP contribution in [0.3, 0.4) is 0 Å². The lowest BCUT2D eigenvalue weighted by atomic mass is 9.98. The number of ether oxygens (including phenoxy) is 4. The molecule has 230 valence electrons. The molecule has 4 aromatic rings. The molecular formula is C31H28F3N3O7. The number of nitrogens with one attached hydrogen (secondary N) is 1. The molecule has 0 aliphatic carbocycles. The molecule has 2 heterocycles. The quantitative estimate of drug-likeness (QED) is 0.182. The summed E-state index contributed by atoms with van der Waals surface area (Å²) in [5, 5.41) is 3.30. The molecule has 1 N–H and O–H groups in total. The summed E-state index contributed by atoms with van der Waals surface area (Å²) >= 11 is 0. The Hall–Kier alpha value is -5.20. The normalized spacial score (nSPS) is 12.0. The molecule has 10 nitrogen and oxygen atoms in total. The van der Waals surface area contributed by atoms with Gasteiger partial charge in [-0.3, -0.25) is 19.6 Å². The maximum atomic E-state index is 13.7. The van der Waals surface area contributed by atoms with Crippen molar-refractivity contribution in [3.63, 3.8) is 0 Å². The predicted molar refractivity (Wildman–Crippen MR) is 151 cm³/mol. The fraction of sp³-hybridized carbons (Fsp3) is 0.258. The van der Waals surface area contributed by atoms with Gasteiger partial charge >= 0.3 is 12.1 Å². The molecule has 13 heteroatoms. The number of benzene rings is 2. The Morgan fingerprint density at radius 3 is 2.25 bits per heavy atom. The summed E-state index contributed by atoms with van der Waals surface area (Å²) in [6.07, 6.45) is -3.55. The summed E-state index contributed by atoms with van der Waals surface area (Å²) in [5.41, 5.74) is 0.708. The number of ketones is 1. The zero-order chi connectivity index (χ0) is 32.0. The fourth-order valence-electron chi connectivity index (χ4n) is 4.32. The van der Waals surface area contributed by atoms with Gasteiger partial charge in [-0.25, -0.2) is 4.79 Å². The first kappa shape index (κ1) is 31.7. The van der Waals surface area contributed by atoms with E-state index in [0.717, 1.165) is 6.20 Å². The molecule has 1 atom stereocenters.